The van der Waals surface area contributed by atoms with Gasteiger partial charge in [-0.25, -0.2) is 13.1 Å². The number of benzene rings is 2. The highest BCUT2D eigenvalue weighted by molar-refractivity contribution is 7.89. The van der Waals surface area contributed by atoms with Crippen molar-refractivity contribution in [1.82, 2.24) is 14.9 Å². The highest BCUT2D eigenvalue weighted by Gasteiger charge is 2.29. The van der Waals surface area contributed by atoms with Gasteiger partial charge in [0.1, 0.15) is 6.04 Å². The fourth-order valence-corrected chi connectivity index (χ4v) is 5.94. The molecule has 1 atom stereocenters. The first-order valence-corrected chi connectivity index (χ1v) is 13.2. The average Bonchev–Trinajstić information content (AvgIpc) is 3.53. The maximum atomic E-state index is 13.1. The standard InChI is InChI=1S/C25H31N3O4S/c29-24(20-11-8-14-22(18-20)33(31,32)27-21-12-4-5-13-21)26-23(17-19-9-2-1-3-10-19)25(30)28-15-6-7-16-28/h1-3,8-11,14,18,21,23,27H,4-7,12-13,15-17H2,(H,26,29)/t23-/m1/s1. The van der Waals surface area contributed by atoms with E-state index < -0.39 is 22.0 Å². The molecule has 0 spiro atoms. The molecule has 2 amide bonds. The predicted molar refractivity (Wildman–Crippen MR) is 126 cm³/mol. The van der Waals surface area contributed by atoms with Gasteiger partial charge in [0.25, 0.3) is 5.91 Å². The van der Waals surface area contributed by atoms with E-state index in [9.17, 15) is 18.0 Å². The zero-order valence-electron chi connectivity index (χ0n) is 18.7. The first-order chi connectivity index (χ1) is 15.9. The Morgan fingerprint density at radius 3 is 2.33 bits per heavy atom. The minimum absolute atomic E-state index is 0.0548. The molecule has 4 rings (SSSR count). The molecule has 2 fully saturated rings. The number of carbonyl (C=O) groups is 2. The number of nitrogens with one attached hydrogen (secondary N) is 2. The van der Waals surface area contributed by atoms with Gasteiger partial charge in [-0.1, -0.05) is 49.2 Å². The summed E-state index contributed by atoms with van der Waals surface area (Å²) < 4.78 is 28.4. The van der Waals surface area contributed by atoms with E-state index in [0.29, 0.717) is 19.5 Å². The molecule has 2 N–H and O–H groups in total. The Balaban J connectivity index is 1.51. The topological polar surface area (TPSA) is 95.6 Å². The van der Waals surface area contributed by atoms with Crippen LogP contribution in [0.5, 0.6) is 0 Å². The lowest BCUT2D eigenvalue weighted by molar-refractivity contribution is -0.132. The molecular weight excluding hydrogens is 438 g/mol. The summed E-state index contributed by atoms with van der Waals surface area (Å²) in [6.07, 6.45) is 6.01. The smallest absolute Gasteiger partial charge is 0.251 e. The summed E-state index contributed by atoms with van der Waals surface area (Å²) in [6, 6.07) is 14.8. The van der Waals surface area contributed by atoms with Crippen LogP contribution in [0.25, 0.3) is 0 Å². The summed E-state index contributed by atoms with van der Waals surface area (Å²) in [6.45, 7) is 1.39. The van der Waals surface area contributed by atoms with Crippen molar-refractivity contribution in [1.29, 1.82) is 0 Å². The van der Waals surface area contributed by atoms with E-state index in [2.05, 4.69) is 10.0 Å². The number of likely N-dealkylation sites (tertiary alicyclic amines) is 1. The van der Waals surface area contributed by atoms with Crippen molar-refractivity contribution in [2.75, 3.05) is 13.1 Å². The Labute approximate surface area is 195 Å². The lowest BCUT2D eigenvalue weighted by atomic mass is 10.0. The summed E-state index contributed by atoms with van der Waals surface area (Å²) in [7, 11) is -3.71. The molecule has 33 heavy (non-hydrogen) atoms. The molecule has 0 bridgehead atoms. The van der Waals surface area contributed by atoms with E-state index in [1.54, 1.807) is 17.0 Å². The molecule has 176 valence electrons. The number of hydrogen-bond donors (Lipinski definition) is 2. The number of nitrogens with zero attached hydrogens (tertiary/aromatic N) is 1. The molecule has 0 unspecified atom stereocenters. The molecule has 1 heterocycles. The first-order valence-electron chi connectivity index (χ1n) is 11.7. The van der Waals surface area contributed by atoms with Crippen LogP contribution in [-0.4, -0.2) is 50.3 Å². The molecule has 1 aliphatic heterocycles. The lowest BCUT2D eigenvalue weighted by Crippen LogP contribution is -2.49. The Hall–Kier alpha value is -2.71. The molecule has 2 aromatic rings. The van der Waals surface area contributed by atoms with Crippen LogP contribution < -0.4 is 10.0 Å². The van der Waals surface area contributed by atoms with Gasteiger partial charge in [0, 0.05) is 31.1 Å². The van der Waals surface area contributed by atoms with Gasteiger partial charge in [-0.05, 0) is 49.4 Å². The second-order valence-corrected chi connectivity index (χ2v) is 10.6. The van der Waals surface area contributed by atoms with Gasteiger partial charge in [0.15, 0.2) is 0 Å². The third-order valence-electron chi connectivity index (χ3n) is 6.39. The van der Waals surface area contributed by atoms with Gasteiger partial charge in [0.2, 0.25) is 15.9 Å². The number of sulfonamides is 1. The Morgan fingerprint density at radius 1 is 0.939 bits per heavy atom. The fraction of sp³-hybridized carbons (Fsp3) is 0.440. The van der Waals surface area contributed by atoms with Crippen molar-refractivity contribution in [3.8, 4) is 0 Å². The zero-order valence-corrected chi connectivity index (χ0v) is 19.5. The van der Waals surface area contributed by atoms with Gasteiger partial charge in [-0.3, -0.25) is 9.59 Å². The third-order valence-corrected chi connectivity index (χ3v) is 7.91. The van der Waals surface area contributed by atoms with Crippen molar-refractivity contribution in [3.63, 3.8) is 0 Å². The van der Waals surface area contributed by atoms with E-state index in [1.165, 1.54) is 12.1 Å². The van der Waals surface area contributed by atoms with Crippen molar-refractivity contribution >= 4 is 21.8 Å². The van der Waals surface area contributed by atoms with E-state index in [-0.39, 0.29) is 22.4 Å². The van der Waals surface area contributed by atoms with E-state index in [4.69, 9.17) is 0 Å². The molecule has 1 aliphatic carbocycles. The third kappa shape index (κ3) is 6.00. The molecule has 8 heteroatoms. The predicted octanol–water partition coefficient (Wildman–Crippen LogP) is 2.87. The summed E-state index contributed by atoms with van der Waals surface area (Å²) in [4.78, 5) is 28.1. The van der Waals surface area contributed by atoms with Crippen LogP contribution >= 0.6 is 0 Å². The number of carbonyl (C=O) groups excluding carboxylic acids is 2. The van der Waals surface area contributed by atoms with E-state index in [1.807, 2.05) is 30.3 Å². The Kier molecular flexibility index (Phi) is 7.45. The van der Waals surface area contributed by atoms with Gasteiger partial charge in [0.05, 0.1) is 4.90 Å². The van der Waals surface area contributed by atoms with E-state index in [0.717, 1.165) is 44.1 Å². The fourth-order valence-electron chi connectivity index (χ4n) is 4.58. The van der Waals surface area contributed by atoms with Crippen molar-refractivity contribution in [2.45, 2.75) is 61.9 Å². The second-order valence-electron chi connectivity index (χ2n) is 8.88. The molecule has 0 aromatic heterocycles. The van der Waals surface area contributed by atoms with Gasteiger partial charge < -0.3 is 10.2 Å². The van der Waals surface area contributed by atoms with Crippen LogP contribution in [0, 0.1) is 0 Å². The molecule has 2 aliphatic rings. The first kappa shape index (κ1) is 23.4. The SMILES string of the molecule is O=C(N[C@H](Cc1ccccc1)C(=O)N1CCCC1)c1cccc(S(=O)(=O)NC2CCCC2)c1. The van der Waals surface area contributed by atoms with Crippen LogP contribution in [0.4, 0.5) is 0 Å². The molecule has 2 aromatic carbocycles. The summed E-state index contributed by atoms with van der Waals surface area (Å²) in [5.74, 6) is -0.558. The highest BCUT2D eigenvalue weighted by Crippen LogP contribution is 2.21. The van der Waals surface area contributed by atoms with Crippen molar-refractivity contribution < 1.29 is 18.0 Å². The Bertz CT molecular complexity index is 1080. The second kappa shape index (κ2) is 10.5. The van der Waals surface area contributed by atoms with Crippen LogP contribution in [0.1, 0.15) is 54.4 Å². The van der Waals surface area contributed by atoms with Crippen LogP contribution in [0.15, 0.2) is 59.5 Å². The van der Waals surface area contributed by atoms with Gasteiger partial charge in [-0.15, -0.1) is 0 Å². The number of amides is 2. The van der Waals surface area contributed by atoms with E-state index >= 15 is 0 Å². The van der Waals surface area contributed by atoms with Crippen molar-refractivity contribution in [3.05, 3.63) is 65.7 Å². The molecule has 0 radical (unpaired) electrons. The largest absolute Gasteiger partial charge is 0.341 e. The molecule has 1 saturated heterocycles. The van der Waals surface area contributed by atoms with Crippen LogP contribution in [0.2, 0.25) is 0 Å². The maximum absolute atomic E-state index is 13.1. The number of rotatable bonds is 8. The van der Waals surface area contributed by atoms with Gasteiger partial charge in [-0.2, -0.15) is 0 Å². The minimum Gasteiger partial charge on any atom is -0.341 e. The maximum Gasteiger partial charge on any atom is 0.251 e. The highest BCUT2D eigenvalue weighted by atomic mass is 32.2. The quantitative estimate of drug-likeness (QED) is 0.621. The van der Waals surface area contributed by atoms with Crippen LogP contribution in [0.3, 0.4) is 0 Å². The Morgan fingerprint density at radius 2 is 1.64 bits per heavy atom. The molecule has 7 nitrogen and oxygen atoms in total. The lowest BCUT2D eigenvalue weighted by Gasteiger charge is -2.24. The molecule has 1 saturated carbocycles. The monoisotopic (exact) mass is 469 g/mol. The number of hydrogen-bond acceptors (Lipinski definition) is 4. The summed E-state index contributed by atoms with van der Waals surface area (Å²) in [5, 5.41) is 2.86. The van der Waals surface area contributed by atoms with Gasteiger partial charge >= 0.3 is 0 Å². The summed E-state index contributed by atoms with van der Waals surface area (Å²) >= 11 is 0. The van der Waals surface area contributed by atoms with Crippen molar-refractivity contribution in [2.24, 2.45) is 0 Å². The van der Waals surface area contributed by atoms with Crippen LogP contribution in [-0.2, 0) is 21.2 Å². The zero-order chi connectivity index (χ0) is 23.3. The average molecular weight is 470 g/mol. The normalized spacial score (nSPS) is 17.8. The molecular formula is C25H31N3O4S. The minimum atomic E-state index is -3.71. The summed E-state index contributed by atoms with van der Waals surface area (Å²) in [5.41, 5.74) is 1.17.